The van der Waals surface area contributed by atoms with Crippen LogP contribution in [0.25, 0.3) is 17.2 Å². The normalized spacial score (nSPS) is 10.9. The number of rotatable bonds is 5. The molecule has 0 bridgehead atoms. The monoisotopic (exact) mass is 366 g/mol. The van der Waals surface area contributed by atoms with Gasteiger partial charge in [-0.1, -0.05) is 12.1 Å². The van der Waals surface area contributed by atoms with Crippen molar-refractivity contribution in [3.05, 3.63) is 64.2 Å². The second-order valence-electron chi connectivity index (χ2n) is 5.56. The van der Waals surface area contributed by atoms with Crippen molar-refractivity contribution in [2.75, 3.05) is 10.6 Å². The van der Waals surface area contributed by atoms with Crippen LogP contribution in [0.4, 0.5) is 17.4 Å². The number of nitro benzene ring substituents is 1. The summed E-state index contributed by atoms with van der Waals surface area (Å²) in [5.41, 5.74) is 1.92. The number of nitro groups is 1. The molecule has 0 aliphatic rings. The number of nitrogens with one attached hydrogen (secondary N) is 2. The predicted octanol–water partition coefficient (Wildman–Crippen LogP) is 3.35. The van der Waals surface area contributed by atoms with E-state index in [0.717, 1.165) is 0 Å². The van der Waals surface area contributed by atoms with Gasteiger partial charge in [0.25, 0.3) is 11.6 Å². The molecular weight excluding hydrogens is 352 g/mol. The first kappa shape index (κ1) is 17.8. The molecule has 0 atom stereocenters. The molecule has 2 amide bonds. The molecule has 9 heteroatoms. The minimum Gasteiger partial charge on any atom is -0.423 e. The Morgan fingerprint density at radius 3 is 2.74 bits per heavy atom. The number of non-ortho nitro benzene ring substituents is 1. The number of hydrogen-bond acceptors (Lipinski definition) is 6. The number of carbonyl (C=O) groups excluding carboxylic acids is 2. The van der Waals surface area contributed by atoms with Crippen molar-refractivity contribution in [3.8, 4) is 0 Å². The summed E-state index contributed by atoms with van der Waals surface area (Å²) < 4.78 is 5.45. The van der Waals surface area contributed by atoms with Gasteiger partial charge in [0, 0.05) is 36.9 Å². The van der Waals surface area contributed by atoms with Crippen LogP contribution in [0.3, 0.4) is 0 Å². The lowest BCUT2D eigenvalue weighted by Crippen LogP contribution is -2.07. The fourth-order valence-corrected chi connectivity index (χ4v) is 2.32. The van der Waals surface area contributed by atoms with Gasteiger partial charge in [-0.25, -0.2) is 0 Å². The molecule has 2 N–H and O–H groups in total. The maximum Gasteiger partial charge on any atom is 0.302 e. The minimum atomic E-state index is -0.509. The second-order valence-corrected chi connectivity index (χ2v) is 5.56. The number of oxazole rings is 1. The second kappa shape index (κ2) is 7.48. The van der Waals surface area contributed by atoms with Gasteiger partial charge in [-0.15, -0.1) is 0 Å². The summed E-state index contributed by atoms with van der Waals surface area (Å²) in [6.45, 7) is 1.39. The predicted molar refractivity (Wildman–Crippen MR) is 99.1 cm³/mol. The smallest absolute Gasteiger partial charge is 0.302 e. The van der Waals surface area contributed by atoms with Crippen molar-refractivity contribution < 1.29 is 18.9 Å². The van der Waals surface area contributed by atoms with Crippen LogP contribution in [0.15, 0.2) is 53.0 Å². The number of carbonyl (C=O) groups is 2. The summed E-state index contributed by atoms with van der Waals surface area (Å²) >= 11 is 0. The summed E-state index contributed by atoms with van der Waals surface area (Å²) in [6.07, 6.45) is 2.66. The summed E-state index contributed by atoms with van der Waals surface area (Å²) in [5.74, 6) is -0.719. The van der Waals surface area contributed by atoms with Crippen LogP contribution in [0.2, 0.25) is 0 Å². The SMILES string of the molecule is CC(=O)Nc1ccc2nc(NC(=O)/C=C/c3cccc([N+](=O)[O-])c3)oc2c1. The van der Waals surface area contributed by atoms with Crippen molar-refractivity contribution in [1.29, 1.82) is 0 Å². The van der Waals surface area contributed by atoms with E-state index in [1.54, 1.807) is 24.3 Å². The van der Waals surface area contributed by atoms with Crippen LogP contribution in [-0.4, -0.2) is 21.7 Å². The number of amides is 2. The Kier molecular flexibility index (Phi) is 4.93. The maximum atomic E-state index is 12.0. The number of aromatic nitrogens is 1. The van der Waals surface area contributed by atoms with Crippen LogP contribution in [-0.2, 0) is 9.59 Å². The molecule has 3 rings (SSSR count). The number of anilines is 2. The zero-order valence-electron chi connectivity index (χ0n) is 14.1. The van der Waals surface area contributed by atoms with Crippen molar-refractivity contribution >= 4 is 46.4 Å². The third kappa shape index (κ3) is 4.54. The molecule has 0 aliphatic heterocycles. The van der Waals surface area contributed by atoms with E-state index in [4.69, 9.17) is 4.42 Å². The van der Waals surface area contributed by atoms with E-state index in [1.807, 2.05) is 0 Å². The molecule has 27 heavy (non-hydrogen) atoms. The third-order valence-electron chi connectivity index (χ3n) is 3.45. The molecule has 2 aromatic carbocycles. The molecule has 0 aliphatic carbocycles. The number of benzene rings is 2. The topological polar surface area (TPSA) is 127 Å². The van der Waals surface area contributed by atoms with Crippen LogP contribution >= 0.6 is 0 Å². The Morgan fingerprint density at radius 2 is 2.00 bits per heavy atom. The molecule has 0 saturated heterocycles. The van der Waals surface area contributed by atoms with Gasteiger partial charge in [0.05, 0.1) is 4.92 Å². The van der Waals surface area contributed by atoms with Crippen LogP contribution in [0.1, 0.15) is 12.5 Å². The molecule has 0 radical (unpaired) electrons. The van der Waals surface area contributed by atoms with E-state index >= 15 is 0 Å². The van der Waals surface area contributed by atoms with Gasteiger partial charge in [-0.2, -0.15) is 4.98 Å². The largest absolute Gasteiger partial charge is 0.423 e. The molecule has 9 nitrogen and oxygen atoms in total. The maximum absolute atomic E-state index is 12.0. The standard InChI is InChI=1S/C18H14N4O5/c1-11(23)19-13-6-7-15-16(10-13)27-18(20-15)21-17(24)8-5-12-3-2-4-14(9-12)22(25)26/h2-10H,1H3,(H,19,23)(H,20,21,24)/b8-5+. The molecule has 0 spiro atoms. The van der Waals surface area contributed by atoms with Crippen LogP contribution < -0.4 is 10.6 Å². The number of fused-ring (bicyclic) bond motifs is 1. The zero-order valence-corrected chi connectivity index (χ0v) is 14.1. The molecule has 0 saturated carbocycles. The van der Waals surface area contributed by atoms with Crippen LogP contribution in [0.5, 0.6) is 0 Å². The fourth-order valence-electron chi connectivity index (χ4n) is 2.32. The first-order valence-corrected chi connectivity index (χ1v) is 7.82. The van der Waals surface area contributed by atoms with Crippen molar-refractivity contribution in [3.63, 3.8) is 0 Å². The Labute approximate surface area is 152 Å². The van der Waals surface area contributed by atoms with Gasteiger partial charge in [-0.05, 0) is 23.8 Å². The first-order chi connectivity index (χ1) is 12.9. The molecular formula is C18H14N4O5. The van der Waals surface area contributed by atoms with Crippen molar-refractivity contribution in [2.45, 2.75) is 6.92 Å². The molecule has 3 aromatic rings. The van der Waals surface area contributed by atoms with Gasteiger partial charge >= 0.3 is 6.01 Å². The number of nitrogens with zero attached hydrogens (tertiary/aromatic N) is 2. The van der Waals surface area contributed by atoms with Crippen LogP contribution in [0, 0.1) is 10.1 Å². The Balaban J connectivity index is 1.71. The first-order valence-electron chi connectivity index (χ1n) is 7.82. The highest BCUT2D eigenvalue weighted by molar-refractivity contribution is 6.01. The molecule has 1 aromatic heterocycles. The average Bonchev–Trinajstić information content (AvgIpc) is 3.01. The van der Waals surface area contributed by atoms with E-state index in [1.165, 1.54) is 37.3 Å². The minimum absolute atomic E-state index is 0.00123. The Bertz CT molecular complexity index is 1070. The van der Waals surface area contributed by atoms with E-state index in [2.05, 4.69) is 15.6 Å². The quantitative estimate of drug-likeness (QED) is 0.405. The summed E-state index contributed by atoms with van der Waals surface area (Å²) in [4.78, 5) is 37.5. The van der Waals surface area contributed by atoms with Crippen molar-refractivity contribution in [1.82, 2.24) is 4.98 Å². The van der Waals surface area contributed by atoms with Crippen molar-refractivity contribution in [2.24, 2.45) is 0 Å². The van der Waals surface area contributed by atoms with Gasteiger partial charge < -0.3 is 9.73 Å². The molecule has 0 fully saturated rings. The highest BCUT2D eigenvalue weighted by Gasteiger charge is 2.09. The lowest BCUT2D eigenvalue weighted by molar-refractivity contribution is -0.384. The Hall–Kier alpha value is -4.01. The van der Waals surface area contributed by atoms with E-state index in [0.29, 0.717) is 22.4 Å². The lowest BCUT2D eigenvalue weighted by atomic mass is 10.2. The Morgan fingerprint density at radius 1 is 1.19 bits per heavy atom. The molecule has 136 valence electrons. The summed E-state index contributed by atoms with van der Waals surface area (Å²) in [5, 5.41) is 15.9. The lowest BCUT2D eigenvalue weighted by Gasteiger charge is -1.99. The van der Waals surface area contributed by atoms with E-state index in [-0.39, 0.29) is 17.6 Å². The average molecular weight is 366 g/mol. The fraction of sp³-hybridized carbons (Fsp3) is 0.0556. The summed E-state index contributed by atoms with van der Waals surface area (Å²) in [6, 6.07) is 10.8. The van der Waals surface area contributed by atoms with Gasteiger partial charge in [-0.3, -0.25) is 25.0 Å². The highest BCUT2D eigenvalue weighted by atomic mass is 16.6. The van der Waals surface area contributed by atoms with Gasteiger partial charge in [0.15, 0.2) is 5.58 Å². The van der Waals surface area contributed by atoms with E-state index < -0.39 is 10.8 Å². The third-order valence-corrected chi connectivity index (χ3v) is 3.45. The van der Waals surface area contributed by atoms with E-state index in [9.17, 15) is 19.7 Å². The molecule has 0 unspecified atom stereocenters. The van der Waals surface area contributed by atoms with Gasteiger partial charge in [0.2, 0.25) is 5.91 Å². The summed E-state index contributed by atoms with van der Waals surface area (Å²) in [7, 11) is 0. The number of hydrogen-bond donors (Lipinski definition) is 2. The highest BCUT2D eigenvalue weighted by Crippen LogP contribution is 2.22. The molecule has 1 heterocycles. The van der Waals surface area contributed by atoms with Gasteiger partial charge in [0.1, 0.15) is 5.52 Å². The zero-order chi connectivity index (χ0) is 19.4.